The first-order valence-corrected chi connectivity index (χ1v) is 5.85. The summed E-state index contributed by atoms with van der Waals surface area (Å²) >= 11 is 0. The lowest BCUT2D eigenvalue weighted by Crippen LogP contribution is -2.03. The van der Waals surface area contributed by atoms with Crippen LogP contribution in [0.5, 0.6) is 5.75 Å². The number of methoxy groups -OCH3 is 1. The lowest BCUT2D eigenvalue weighted by Gasteiger charge is -2.06. The molecule has 0 aliphatic heterocycles. The van der Waals surface area contributed by atoms with Gasteiger partial charge in [0.15, 0.2) is 0 Å². The van der Waals surface area contributed by atoms with Crippen LogP contribution in [-0.2, 0) is 13.6 Å². The summed E-state index contributed by atoms with van der Waals surface area (Å²) in [4.78, 5) is 4.27. The highest BCUT2D eigenvalue weighted by atomic mass is 16.5. The van der Waals surface area contributed by atoms with Gasteiger partial charge in [0.2, 0.25) is 0 Å². The molecule has 0 saturated carbocycles. The number of anilines is 1. The van der Waals surface area contributed by atoms with Crippen molar-refractivity contribution in [3.8, 4) is 5.75 Å². The van der Waals surface area contributed by atoms with Gasteiger partial charge in [-0.05, 0) is 26.0 Å². The van der Waals surface area contributed by atoms with E-state index >= 15 is 0 Å². The van der Waals surface area contributed by atoms with E-state index in [9.17, 15) is 0 Å². The third kappa shape index (κ3) is 2.45. The zero-order valence-electron chi connectivity index (χ0n) is 11.2. The fraction of sp³-hybridized carbons (Fsp3) is 0.385. The molecule has 5 heteroatoms. The number of ether oxygens (including phenoxy) is 1. The maximum atomic E-state index is 5.07. The first-order chi connectivity index (χ1) is 8.61. The SMILES string of the molecule is COc1ccc(NCc2c(C)nn(C)c2C)nc1. The molecule has 0 saturated heterocycles. The van der Waals surface area contributed by atoms with E-state index in [2.05, 4.69) is 22.3 Å². The molecular formula is C13H18N4O. The normalized spacial score (nSPS) is 10.4. The molecule has 5 nitrogen and oxygen atoms in total. The van der Waals surface area contributed by atoms with Crippen molar-refractivity contribution in [3.05, 3.63) is 35.3 Å². The van der Waals surface area contributed by atoms with Crippen LogP contribution in [0.1, 0.15) is 17.0 Å². The zero-order valence-corrected chi connectivity index (χ0v) is 11.2. The van der Waals surface area contributed by atoms with E-state index in [0.29, 0.717) is 0 Å². The molecule has 0 aromatic carbocycles. The fourth-order valence-corrected chi connectivity index (χ4v) is 1.86. The maximum Gasteiger partial charge on any atom is 0.137 e. The molecule has 18 heavy (non-hydrogen) atoms. The van der Waals surface area contributed by atoms with Gasteiger partial charge in [-0.1, -0.05) is 0 Å². The van der Waals surface area contributed by atoms with E-state index in [1.54, 1.807) is 13.3 Å². The summed E-state index contributed by atoms with van der Waals surface area (Å²) < 4.78 is 6.97. The molecule has 0 aliphatic rings. The Bertz CT molecular complexity index is 531. The van der Waals surface area contributed by atoms with Crippen molar-refractivity contribution in [2.75, 3.05) is 12.4 Å². The predicted octanol–water partition coefficient (Wildman–Crippen LogP) is 2.05. The minimum absolute atomic E-state index is 0.727. The van der Waals surface area contributed by atoms with Gasteiger partial charge in [0, 0.05) is 24.8 Å². The second-order valence-corrected chi connectivity index (χ2v) is 4.21. The van der Waals surface area contributed by atoms with Crippen molar-refractivity contribution in [2.24, 2.45) is 7.05 Å². The van der Waals surface area contributed by atoms with Crippen LogP contribution in [0, 0.1) is 13.8 Å². The minimum Gasteiger partial charge on any atom is -0.495 e. The summed E-state index contributed by atoms with van der Waals surface area (Å²) in [6.07, 6.45) is 1.70. The average molecular weight is 246 g/mol. The minimum atomic E-state index is 0.727. The Morgan fingerprint density at radius 2 is 2.11 bits per heavy atom. The van der Waals surface area contributed by atoms with E-state index in [4.69, 9.17) is 4.74 Å². The number of aryl methyl sites for hydroxylation is 2. The Hall–Kier alpha value is -2.04. The number of nitrogens with zero attached hydrogens (tertiary/aromatic N) is 3. The number of aromatic nitrogens is 3. The van der Waals surface area contributed by atoms with Gasteiger partial charge in [-0.25, -0.2) is 4.98 Å². The second-order valence-electron chi connectivity index (χ2n) is 4.21. The molecule has 0 atom stereocenters. The van der Waals surface area contributed by atoms with Crippen LogP contribution in [0.25, 0.3) is 0 Å². The third-order valence-electron chi connectivity index (χ3n) is 3.08. The number of hydrogen-bond acceptors (Lipinski definition) is 4. The molecule has 2 aromatic rings. The monoisotopic (exact) mass is 246 g/mol. The van der Waals surface area contributed by atoms with Crippen LogP contribution in [0.15, 0.2) is 18.3 Å². The van der Waals surface area contributed by atoms with E-state index in [-0.39, 0.29) is 0 Å². The van der Waals surface area contributed by atoms with Gasteiger partial charge in [0.05, 0.1) is 19.0 Å². The van der Waals surface area contributed by atoms with Gasteiger partial charge in [-0.3, -0.25) is 4.68 Å². The summed E-state index contributed by atoms with van der Waals surface area (Å²) in [5.74, 6) is 1.59. The standard InChI is InChI=1S/C13H18N4O/c1-9-12(10(2)17(3)16-9)8-15-13-6-5-11(18-4)7-14-13/h5-7H,8H2,1-4H3,(H,14,15). The van der Waals surface area contributed by atoms with Crippen molar-refractivity contribution in [1.82, 2.24) is 14.8 Å². The van der Waals surface area contributed by atoms with Crippen LogP contribution in [0.2, 0.25) is 0 Å². The molecule has 0 bridgehead atoms. The van der Waals surface area contributed by atoms with Crippen molar-refractivity contribution >= 4 is 5.82 Å². The summed E-state index contributed by atoms with van der Waals surface area (Å²) in [5.41, 5.74) is 3.44. The number of nitrogens with one attached hydrogen (secondary N) is 1. The third-order valence-corrected chi connectivity index (χ3v) is 3.08. The van der Waals surface area contributed by atoms with Crippen LogP contribution in [0.4, 0.5) is 5.82 Å². The van der Waals surface area contributed by atoms with Gasteiger partial charge in [0.1, 0.15) is 11.6 Å². The van der Waals surface area contributed by atoms with Gasteiger partial charge in [-0.2, -0.15) is 5.10 Å². The van der Waals surface area contributed by atoms with Crippen molar-refractivity contribution in [1.29, 1.82) is 0 Å². The lowest BCUT2D eigenvalue weighted by molar-refractivity contribution is 0.413. The van der Waals surface area contributed by atoms with Crippen molar-refractivity contribution in [2.45, 2.75) is 20.4 Å². The van der Waals surface area contributed by atoms with E-state index in [1.807, 2.05) is 30.8 Å². The molecule has 0 spiro atoms. The Morgan fingerprint density at radius 1 is 1.33 bits per heavy atom. The van der Waals surface area contributed by atoms with Crippen LogP contribution in [0.3, 0.4) is 0 Å². The highest BCUT2D eigenvalue weighted by molar-refractivity contribution is 5.39. The second kappa shape index (κ2) is 5.08. The molecule has 0 radical (unpaired) electrons. The molecule has 0 unspecified atom stereocenters. The molecule has 1 N–H and O–H groups in total. The summed E-state index contributed by atoms with van der Waals surface area (Å²) in [6.45, 7) is 4.81. The highest BCUT2D eigenvalue weighted by Gasteiger charge is 2.08. The average Bonchev–Trinajstić information content (AvgIpc) is 2.62. The quantitative estimate of drug-likeness (QED) is 0.897. The molecule has 2 rings (SSSR count). The largest absolute Gasteiger partial charge is 0.495 e. The van der Waals surface area contributed by atoms with E-state index in [0.717, 1.165) is 23.8 Å². The maximum absolute atomic E-state index is 5.07. The Morgan fingerprint density at radius 3 is 2.61 bits per heavy atom. The lowest BCUT2D eigenvalue weighted by atomic mass is 10.2. The molecule has 0 amide bonds. The Balaban J connectivity index is 2.06. The smallest absolute Gasteiger partial charge is 0.137 e. The fourth-order valence-electron chi connectivity index (χ4n) is 1.86. The topological polar surface area (TPSA) is 52.0 Å². The molecular weight excluding hydrogens is 228 g/mol. The van der Waals surface area contributed by atoms with Crippen LogP contribution in [-0.4, -0.2) is 21.9 Å². The van der Waals surface area contributed by atoms with Crippen LogP contribution >= 0.6 is 0 Å². The first-order valence-electron chi connectivity index (χ1n) is 5.85. The number of hydrogen-bond donors (Lipinski definition) is 1. The summed E-state index contributed by atoms with van der Waals surface area (Å²) in [5, 5.41) is 7.67. The zero-order chi connectivity index (χ0) is 13.1. The highest BCUT2D eigenvalue weighted by Crippen LogP contribution is 2.15. The van der Waals surface area contributed by atoms with Gasteiger partial charge >= 0.3 is 0 Å². The molecule has 0 aliphatic carbocycles. The van der Waals surface area contributed by atoms with E-state index in [1.165, 1.54) is 11.3 Å². The predicted molar refractivity (Wildman–Crippen MR) is 70.8 cm³/mol. The number of pyridine rings is 1. The van der Waals surface area contributed by atoms with Crippen molar-refractivity contribution in [3.63, 3.8) is 0 Å². The molecule has 2 heterocycles. The summed E-state index contributed by atoms with van der Waals surface area (Å²) in [7, 11) is 3.59. The molecule has 0 fully saturated rings. The van der Waals surface area contributed by atoms with Crippen molar-refractivity contribution < 1.29 is 4.74 Å². The van der Waals surface area contributed by atoms with Gasteiger partial charge < -0.3 is 10.1 Å². The Labute approximate surface area is 107 Å². The number of rotatable bonds is 4. The molecule has 2 aromatic heterocycles. The Kier molecular flexibility index (Phi) is 3.50. The first kappa shape index (κ1) is 12.4. The van der Waals surface area contributed by atoms with Crippen LogP contribution < -0.4 is 10.1 Å². The van der Waals surface area contributed by atoms with E-state index < -0.39 is 0 Å². The van der Waals surface area contributed by atoms with Gasteiger partial charge in [0.25, 0.3) is 0 Å². The summed E-state index contributed by atoms with van der Waals surface area (Å²) in [6, 6.07) is 3.79. The van der Waals surface area contributed by atoms with Gasteiger partial charge in [-0.15, -0.1) is 0 Å². The molecule has 96 valence electrons.